The van der Waals surface area contributed by atoms with Crippen molar-refractivity contribution in [3.05, 3.63) is 59.1 Å². The number of benzene rings is 2. The van der Waals surface area contributed by atoms with Crippen LogP contribution in [0, 0.1) is 6.92 Å². The van der Waals surface area contributed by atoms with Crippen molar-refractivity contribution >= 4 is 28.9 Å². The van der Waals surface area contributed by atoms with Crippen molar-refractivity contribution in [1.82, 2.24) is 0 Å². The molecule has 0 unspecified atom stereocenters. The summed E-state index contributed by atoms with van der Waals surface area (Å²) in [6.07, 6.45) is 0. The molecule has 2 aromatic carbocycles. The van der Waals surface area contributed by atoms with Gasteiger partial charge in [0.15, 0.2) is 0 Å². The van der Waals surface area contributed by atoms with Gasteiger partial charge in [-0.05, 0) is 55.8 Å². The summed E-state index contributed by atoms with van der Waals surface area (Å²) in [5.41, 5.74) is 2.96. The fraction of sp³-hybridized carbons (Fsp3) is 0.235. The molecule has 0 spiro atoms. The molecule has 0 saturated carbocycles. The summed E-state index contributed by atoms with van der Waals surface area (Å²) in [4.78, 5) is 14.1. The first-order valence-electron chi connectivity index (χ1n) is 6.96. The van der Waals surface area contributed by atoms with Crippen LogP contribution in [0.5, 0.6) is 0 Å². The van der Waals surface area contributed by atoms with Crippen molar-refractivity contribution in [2.45, 2.75) is 13.8 Å². The molecule has 21 heavy (non-hydrogen) atoms. The van der Waals surface area contributed by atoms with E-state index in [1.807, 2.05) is 50.2 Å². The normalized spacial score (nSPS) is 10.2. The van der Waals surface area contributed by atoms with Gasteiger partial charge in [0.05, 0.1) is 6.54 Å². The third-order valence-corrected chi connectivity index (χ3v) is 3.47. The number of hydrogen-bond donors (Lipinski definition) is 1. The molecular weight excluding hydrogens is 284 g/mol. The minimum Gasteiger partial charge on any atom is -0.376 e. The van der Waals surface area contributed by atoms with Gasteiger partial charge in [-0.2, -0.15) is 0 Å². The number of halogens is 1. The summed E-state index contributed by atoms with van der Waals surface area (Å²) >= 11 is 5.84. The van der Waals surface area contributed by atoms with E-state index in [0.717, 1.165) is 16.9 Å². The third-order valence-electron chi connectivity index (χ3n) is 3.22. The third kappa shape index (κ3) is 4.23. The SMILES string of the molecule is CCN(C(=O)CNc1ccc(Cl)cc1)c1cccc(C)c1. The number of likely N-dealkylation sites (N-methyl/N-ethyl adjacent to an activating group) is 1. The van der Waals surface area contributed by atoms with Crippen LogP contribution in [-0.2, 0) is 4.79 Å². The maximum Gasteiger partial charge on any atom is 0.246 e. The van der Waals surface area contributed by atoms with Gasteiger partial charge in [0.2, 0.25) is 5.91 Å². The van der Waals surface area contributed by atoms with E-state index in [1.54, 1.807) is 17.0 Å². The molecule has 4 heteroatoms. The number of carbonyl (C=O) groups excluding carboxylic acids is 1. The average Bonchev–Trinajstić information content (AvgIpc) is 2.47. The molecular formula is C17H19ClN2O. The standard InChI is InChI=1S/C17H19ClN2O/c1-3-20(16-6-4-5-13(2)11-16)17(21)12-19-15-9-7-14(18)8-10-15/h4-11,19H,3,12H2,1-2H3. The highest BCUT2D eigenvalue weighted by molar-refractivity contribution is 6.30. The van der Waals surface area contributed by atoms with Crippen LogP contribution in [0.25, 0.3) is 0 Å². The van der Waals surface area contributed by atoms with E-state index < -0.39 is 0 Å². The first-order valence-corrected chi connectivity index (χ1v) is 7.34. The largest absolute Gasteiger partial charge is 0.376 e. The van der Waals surface area contributed by atoms with E-state index >= 15 is 0 Å². The molecule has 0 radical (unpaired) electrons. The number of aryl methyl sites for hydroxylation is 1. The molecule has 0 aromatic heterocycles. The second-order valence-corrected chi connectivity index (χ2v) is 5.27. The smallest absolute Gasteiger partial charge is 0.246 e. The van der Waals surface area contributed by atoms with Crippen LogP contribution < -0.4 is 10.2 Å². The first kappa shape index (κ1) is 15.4. The van der Waals surface area contributed by atoms with Crippen LogP contribution in [-0.4, -0.2) is 19.0 Å². The molecule has 0 bridgehead atoms. The van der Waals surface area contributed by atoms with E-state index in [2.05, 4.69) is 5.32 Å². The summed E-state index contributed by atoms with van der Waals surface area (Å²) in [5.74, 6) is 0.0399. The van der Waals surface area contributed by atoms with Crippen LogP contribution in [0.3, 0.4) is 0 Å². The maximum atomic E-state index is 12.4. The summed E-state index contributed by atoms with van der Waals surface area (Å²) in [5, 5.41) is 3.80. The fourth-order valence-corrected chi connectivity index (χ4v) is 2.27. The number of amides is 1. The van der Waals surface area contributed by atoms with Crippen molar-refractivity contribution in [3.63, 3.8) is 0 Å². The van der Waals surface area contributed by atoms with Gasteiger partial charge in [0.25, 0.3) is 0 Å². The zero-order valence-electron chi connectivity index (χ0n) is 12.3. The molecule has 0 heterocycles. The Hall–Kier alpha value is -2.00. The second-order valence-electron chi connectivity index (χ2n) is 4.84. The topological polar surface area (TPSA) is 32.3 Å². The van der Waals surface area contributed by atoms with Crippen LogP contribution >= 0.6 is 11.6 Å². The first-order chi connectivity index (χ1) is 10.1. The van der Waals surface area contributed by atoms with E-state index in [9.17, 15) is 4.79 Å². The molecule has 0 aliphatic carbocycles. The van der Waals surface area contributed by atoms with E-state index in [4.69, 9.17) is 11.6 Å². The zero-order chi connectivity index (χ0) is 15.2. The lowest BCUT2D eigenvalue weighted by Gasteiger charge is -2.22. The zero-order valence-corrected chi connectivity index (χ0v) is 13.0. The van der Waals surface area contributed by atoms with Crippen LogP contribution in [0.1, 0.15) is 12.5 Å². The summed E-state index contributed by atoms with van der Waals surface area (Å²) < 4.78 is 0. The van der Waals surface area contributed by atoms with Gasteiger partial charge in [-0.25, -0.2) is 0 Å². The summed E-state index contributed by atoms with van der Waals surface area (Å²) in [6, 6.07) is 15.3. The van der Waals surface area contributed by atoms with Crippen molar-refractivity contribution in [1.29, 1.82) is 0 Å². The van der Waals surface area contributed by atoms with Gasteiger partial charge in [0, 0.05) is 22.9 Å². The summed E-state index contributed by atoms with van der Waals surface area (Å²) in [7, 11) is 0. The molecule has 0 aliphatic heterocycles. The molecule has 0 fully saturated rings. The van der Waals surface area contributed by atoms with Crippen LogP contribution in [0.2, 0.25) is 5.02 Å². The highest BCUT2D eigenvalue weighted by Gasteiger charge is 2.13. The van der Waals surface area contributed by atoms with Crippen molar-refractivity contribution in [2.24, 2.45) is 0 Å². The highest BCUT2D eigenvalue weighted by Crippen LogP contribution is 2.17. The monoisotopic (exact) mass is 302 g/mol. The number of nitrogens with zero attached hydrogens (tertiary/aromatic N) is 1. The molecule has 0 aliphatic rings. The minimum absolute atomic E-state index is 0.0399. The molecule has 2 aromatic rings. The molecule has 2 rings (SSSR count). The Labute approximate surface area is 130 Å². The van der Waals surface area contributed by atoms with E-state index in [-0.39, 0.29) is 12.5 Å². The molecule has 1 amide bonds. The molecule has 110 valence electrons. The van der Waals surface area contributed by atoms with Gasteiger partial charge in [-0.1, -0.05) is 23.7 Å². The highest BCUT2D eigenvalue weighted by atomic mass is 35.5. The number of hydrogen-bond acceptors (Lipinski definition) is 2. The number of carbonyl (C=O) groups is 1. The van der Waals surface area contributed by atoms with Crippen LogP contribution in [0.15, 0.2) is 48.5 Å². The Morgan fingerprint density at radius 2 is 1.90 bits per heavy atom. The molecule has 3 nitrogen and oxygen atoms in total. The van der Waals surface area contributed by atoms with Crippen molar-refractivity contribution in [2.75, 3.05) is 23.3 Å². The summed E-state index contributed by atoms with van der Waals surface area (Å²) in [6.45, 7) is 4.89. The lowest BCUT2D eigenvalue weighted by Crippen LogP contribution is -2.35. The van der Waals surface area contributed by atoms with Gasteiger partial charge < -0.3 is 10.2 Å². The number of nitrogens with one attached hydrogen (secondary N) is 1. The van der Waals surface area contributed by atoms with Crippen LogP contribution in [0.4, 0.5) is 11.4 Å². The molecule has 1 N–H and O–H groups in total. The average molecular weight is 303 g/mol. The Morgan fingerprint density at radius 1 is 1.19 bits per heavy atom. The van der Waals surface area contributed by atoms with Gasteiger partial charge in [-0.15, -0.1) is 0 Å². The fourth-order valence-electron chi connectivity index (χ4n) is 2.14. The van der Waals surface area contributed by atoms with Crippen molar-refractivity contribution < 1.29 is 4.79 Å². The lowest BCUT2D eigenvalue weighted by atomic mass is 10.2. The van der Waals surface area contributed by atoms with Gasteiger partial charge in [-0.3, -0.25) is 4.79 Å². The second kappa shape index (κ2) is 7.14. The van der Waals surface area contributed by atoms with E-state index in [0.29, 0.717) is 11.6 Å². The lowest BCUT2D eigenvalue weighted by molar-refractivity contribution is -0.116. The quantitative estimate of drug-likeness (QED) is 0.901. The minimum atomic E-state index is 0.0399. The maximum absolute atomic E-state index is 12.4. The number of rotatable bonds is 5. The van der Waals surface area contributed by atoms with Crippen molar-refractivity contribution in [3.8, 4) is 0 Å². The predicted octanol–water partition coefficient (Wildman–Crippen LogP) is 4.11. The Kier molecular flexibility index (Phi) is 5.23. The Morgan fingerprint density at radius 3 is 2.52 bits per heavy atom. The Balaban J connectivity index is 2.02. The molecule has 0 saturated heterocycles. The Bertz CT molecular complexity index is 610. The van der Waals surface area contributed by atoms with Gasteiger partial charge in [0.1, 0.15) is 0 Å². The number of anilines is 2. The molecule has 0 atom stereocenters. The van der Waals surface area contributed by atoms with E-state index in [1.165, 1.54) is 0 Å². The predicted molar refractivity (Wildman–Crippen MR) is 89.1 cm³/mol. The van der Waals surface area contributed by atoms with Gasteiger partial charge >= 0.3 is 0 Å².